The normalized spacial score (nSPS) is 11.1. The third kappa shape index (κ3) is 5.65. The van der Waals surface area contributed by atoms with Crippen LogP contribution in [0.2, 0.25) is 5.02 Å². The van der Waals surface area contributed by atoms with Crippen molar-refractivity contribution in [2.75, 3.05) is 12.4 Å². The van der Waals surface area contributed by atoms with Gasteiger partial charge in [-0.2, -0.15) is 0 Å². The van der Waals surface area contributed by atoms with Crippen LogP contribution in [0.25, 0.3) is 22.2 Å². The number of aromatic nitrogens is 2. The van der Waals surface area contributed by atoms with Crippen molar-refractivity contribution in [3.8, 4) is 11.3 Å². The van der Waals surface area contributed by atoms with E-state index >= 15 is 0 Å². The molecule has 33 heavy (non-hydrogen) atoms. The molecule has 0 spiro atoms. The van der Waals surface area contributed by atoms with Gasteiger partial charge in [-0.1, -0.05) is 35.5 Å². The molecule has 1 amide bonds. The molecule has 2 aromatic carbocycles. The maximum Gasteiger partial charge on any atom is 0.262 e. The molecule has 0 radical (unpaired) electrons. The minimum atomic E-state index is -0.208. The Kier molecular flexibility index (Phi) is 7.49. The van der Waals surface area contributed by atoms with Crippen LogP contribution in [0.4, 0.5) is 0 Å². The van der Waals surface area contributed by atoms with Gasteiger partial charge in [0.25, 0.3) is 5.56 Å². The van der Waals surface area contributed by atoms with E-state index in [0.717, 1.165) is 5.56 Å². The van der Waals surface area contributed by atoms with E-state index in [9.17, 15) is 14.7 Å². The zero-order valence-corrected chi connectivity index (χ0v) is 19.2. The number of benzene rings is 2. The smallest absolute Gasteiger partial charge is 0.262 e. The molecule has 0 fully saturated rings. The average Bonchev–Trinajstić information content (AvgIpc) is 3.30. The van der Waals surface area contributed by atoms with Gasteiger partial charge < -0.3 is 14.8 Å². The number of nitrogens with zero attached hydrogens (tertiary/aromatic N) is 2. The number of carbonyl (C=O) groups is 1. The fraction of sp³-hybridized carbons (Fsp3) is 0.208. The van der Waals surface area contributed by atoms with Crippen LogP contribution in [-0.2, 0) is 17.9 Å². The lowest BCUT2D eigenvalue weighted by Gasteiger charge is -2.12. The number of carbonyl (C=O) groups excluding carboxylic acids is 1. The summed E-state index contributed by atoms with van der Waals surface area (Å²) in [6, 6.07) is 18.1. The lowest BCUT2D eigenvalue weighted by molar-refractivity contribution is -0.118. The van der Waals surface area contributed by atoms with Gasteiger partial charge in [0.15, 0.2) is 5.16 Å². The Balaban J connectivity index is 1.40. The highest BCUT2D eigenvalue weighted by atomic mass is 35.5. The Morgan fingerprint density at radius 2 is 1.91 bits per heavy atom. The third-order valence-corrected chi connectivity index (χ3v) is 6.18. The van der Waals surface area contributed by atoms with Gasteiger partial charge in [0.05, 0.1) is 23.2 Å². The van der Waals surface area contributed by atoms with Gasteiger partial charge in [-0.25, -0.2) is 4.98 Å². The molecule has 0 saturated heterocycles. The molecule has 0 aliphatic heterocycles. The Labute approximate surface area is 199 Å². The van der Waals surface area contributed by atoms with Crippen LogP contribution < -0.4 is 10.9 Å². The number of amides is 1. The van der Waals surface area contributed by atoms with Crippen LogP contribution in [-0.4, -0.2) is 32.9 Å². The van der Waals surface area contributed by atoms with E-state index in [1.54, 1.807) is 30.3 Å². The highest BCUT2D eigenvalue weighted by molar-refractivity contribution is 7.99. The van der Waals surface area contributed by atoms with Gasteiger partial charge in [-0.05, 0) is 55.0 Å². The number of fused-ring (bicyclic) bond motifs is 1. The highest BCUT2D eigenvalue weighted by Gasteiger charge is 2.13. The number of aliphatic hydroxyl groups excluding tert-OH is 1. The fourth-order valence-electron chi connectivity index (χ4n) is 3.29. The van der Waals surface area contributed by atoms with Crippen LogP contribution in [0.5, 0.6) is 0 Å². The van der Waals surface area contributed by atoms with E-state index in [-0.39, 0.29) is 30.4 Å². The second-order valence-electron chi connectivity index (χ2n) is 7.28. The molecule has 0 saturated carbocycles. The van der Waals surface area contributed by atoms with Gasteiger partial charge in [-0.15, -0.1) is 0 Å². The lowest BCUT2D eigenvalue weighted by atomic mass is 10.2. The number of thioether (sulfide) groups is 1. The number of furan rings is 1. The molecular formula is C24H22ClN3O4S. The zero-order chi connectivity index (χ0) is 23.2. The average molecular weight is 484 g/mol. The quantitative estimate of drug-likeness (QED) is 0.275. The van der Waals surface area contributed by atoms with E-state index in [0.29, 0.717) is 45.6 Å². The van der Waals surface area contributed by atoms with Gasteiger partial charge in [-0.3, -0.25) is 14.2 Å². The van der Waals surface area contributed by atoms with Crippen molar-refractivity contribution in [3.63, 3.8) is 0 Å². The largest absolute Gasteiger partial charge is 0.459 e. The molecule has 7 nitrogen and oxygen atoms in total. The van der Waals surface area contributed by atoms with Crippen molar-refractivity contribution < 1.29 is 14.3 Å². The molecule has 4 rings (SSSR count). The molecule has 2 aromatic heterocycles. The van der Waals surface area contributed by atoms with Crippen molar-refractivity contribution in [2.45, 2.75) is 24.7 Å². The lowest BCUT2D eigenvalue weighted by Crippen LogP contribution is -2.27. The summed E-state index contributed by atoms with van der Waals surface area (Å²) in [5.41, 5.74) is 1.30. The van der Waals surface area contributed by atoms with E-state index in [4.69, 9.17) is 16.0 Å². The highest BCUT2D eigenvalue weighted by Crippen LogP contribution is 2.24. The van der Waals surface area contributed by atoms with Crippen molar-refractivity contribution in [1.29, 1.82) is 0 Å². The molecule has 2 N–H and O–H groups in total. The third-order valence-electron chi connectivity index (χ3n) is 4.95. The number of nitrogens with one attached hydrogen (secondary N) is 1. The van der Waals surface area contributed by atoms with Crippen molar-refractivity contribution >= 4 is 40.2 Å². The number of halogens is 1. The molecule has 0 unspecified atom stereocenters. The van der Waals surface area contributed by atoms with Gasteiger partial charge >= 0.3 is 0 Å². The van der Waals surface area contributed by atoms with Gasteiger partial charge in [0.1, 0.15) is 11.5 Å². The summed E-state index contributed by atoms with van der Waals surface area (Å²) < 4.78 is 7.32. The minimum absolute atomic E-state index is 0.0367. The maximum atomic E-state index is 12.9. The summed E-state index contributed by atoms with van der Waals surface area (Å²) in [6.07, 6.45) is 0.425. The first kappa shape index (κ1) is 23.1. The van der Waals surface area contributed by atoms with E-state index in [2.05, 4.69) is 10.3 Å². The minimum Gasteiger partial charge on any atom is -0.459 e. The molecule has 170 valence electrons. The Bertz CT molecular complexity index is 1320. The summed E-state index contributed by atoms with van der Waals surface area (Å²) in [4.78, 5) is 29.8. The fourth-order valence-corrected chi connectivity index (χ4v) is 4.27. The zero-order valence-electron chi connectivity index (χ0n) is 17.7. The molecule has 9 heteroatoms. The molecule has 2 heterocycles. The van der Waals surface area contributed by atoms with Crippen LogP contribution in [0.15, 0.2) is 75.0 Å². The van der Waals surface area contributed by atoms with Crippen LogP contribution in [0.1, 0.15) is 12.2 Å². The van der Waals surface area contributed by atoms with Crippen molar-refractivity contribution in [3.05, 3.63) is 81.8 Å². The molecule has 0 aliphatic carbocycles. The van der Waals surface area contributed by atoms with E-state index in [1.165, 1.54) is 16.3 Å². The SMILES string of the molecule is O=C(CSc1nc2ccccc2c(=O)n1CCCO)NCc1ccc(-c2ccc(Cl)cc2)o1. The number of hydrogen-bond acceptors (Lipinski definition) is 6. The Morgan fingerprint density at radius 1 is 1.12 bits per heavy atom. The standard InChI is InChI=1S/C24H22ClN3O4S/c25-17-8-6-16(7-9-17)21-11-10-18(32-21)14-26-22(30)15-33-24-27-20-5-2-1-4-19(20)23(31)28(24)12-3-13-29/h1-2,4-11,29H,3,12-15H2,(H,26,30). The van der Waals surface area contributed by atoms with Crippen molar-refractivity contribution in [1.82, 2.24) is 14.9 Å². The number of aliphatic hydroxyl groups is 1. The predicted octanol–water partition coefficient (Wildman–Crippen LogP) is 4.10. The first-order valence-corrected chi connectivity index (χ1v) is 11.8. The van der Waals surface area contributed by atoms with Crippen molar-refractivity contribution in [2.24, 2.45) is 0 Å². The number of hydrogen-bond donors (Lipinski definition) is 2. The maximum absolute atomic E-state index is 12.9. The number of rotatable bonds is 9. The summed E-state index contributed by atoms with van der Waals surface area (Å²) >= 11 is 7.11. The van der Waals surface area contributed by atoms with Crippen LogP contribution in [0, 0.1) is 0 Å². The predicted molar refractivity (Wildman–Crippen MR) is 129 cm³/mol. The summed E-state index contributed by atoms with van der Waals surface area (Å²) in [5.74, 6) is 1.20. The summed E-state index contributed by atoms with van der Waals surface area (Å²) in [7, 11) is 0. The Morgan fingerprint density at radius 3 is 2.70 bits per heavy atom. The van der Waals surface area contributed by atoms with Crippen LogP contribution in [0.3, 0.4) is 0 Å². The first-order chi connectivity index (χ1) is 16.0. The molecular weight excluding hydrogens is 462 g/mol. The Hall–Kier alpha value is -3.07. The number of para-hydroxylation sites is 1. The second-order valence-corrected chi connectivity index (χ2v) is 8.66. The topological polar surface area (TPSA) is 97.4 Å². The second kappa shape index (κ2) is 10.7. The summed E-state index contributed by atoms with van der Waals surface area (Å²) in [5, 5.41) is 13.6. The van der Waals surface area contributed by atoms with E-state index < -0.39 is 0 Å². The van der Waals surface area contributed by atoms with E-state index in [1.807, 2.05) is 30.3 Å². The first-order valence-electron chi connectivity index (χ1n) is 10.4. The molecule has 0 atom stereocenters. The molecule has 0 aliphatic rings. The summed E-state index contributed by atoms with van der Waals surface area (Å²) in [6.45, 7) is 0.539. The van der Waals surface area contributed by atoms with Gasteiger partial charge in [0, 0.05) is 23.7 Å². The van der Waals surface area contributed by atoms with Gasteiger partial charge in [0.2, 0.25) is 5.91 Å². The molecule has 0 bridgehead atoms. The molecule has 4 aromatic rings. The monoisotopic (exact) mass is 483 g/mol. The van der Waals surface area contributed by atoms with Crippen LogP contribution >= 0.6 is 23.4 Å².